The van der Waals surface area contributed by atoms with E-state index in [2.05, 4.69) is 5.32 Å². The van der Waals surface area contributed by atoms with Gasteiger partial charge in [-0.25, -0.2) is 0 Å². The molecule has 0 aromatic rings. The van der Waals surface area contributed by atoms with Gasteiger partial charge in [0.2, 0.25) is 5.91 Å². The van der Waals surface area contributed by atoms with Crippen molar-refractivity contribution in [3.8, 4) is 0 Å². The highest BCUT2D eigenvalue weighted by molar-refractivity contribution is 7.53. The van der Waals surface area contributed by atoms with Gasteiger partial charge in [-0.2, -0.15) is 0 Å². The van der Waals surface area contributed by atoms with Crippen molar-refractivity contribution in [2.45, 2.75) is 31.6 Å². The maximum Gasteiger partial charge on any atom is 0.217 e. The number of carbonyl (C=O) groups excluding carboxylic acids is 1. The van der Waals surface area contributed by atoms with E-state index in [4.69, 9.17) is 0 Å². The van der Waals surface area contributed by atoms with E-state index >= 15 is 0 Å². The number of rotatable bonds is 2. The molecule has 3 atom stereocenters. The number of hydrogen-bond donors (Lipinski definition) is 3. The molecule has 7 nitrogen and oxygen atoms in total. The first-order chi connectivity index (χ1) is 7.21. The molecule has 0 aromatic heterocycles. The Hall–Kier alpha value is -0.720. The van der Waals surface area contributed by atoms with E-state index < -0.39 is 43.5 Å². The minimum absolute atomic E-state index is 0.397. The maximum atomic E-state index is 10.7. The van der Waals surface area contributed by atoms with Crippen LogP contribution in [0.5, 0.6) is 0 Å². The summed E-state index contributed by atoms with van der Waals surface area (Å²) in [5, 5.41) is 20.7. The lowest BCUT2D eigenvalue weighted by Gasteiger charge is -2.39. The van der Waals surface area contributed by atoms with Crippen molar-refractivity contribution in [3.63, 3.8) is 0 Å². The van der Waals surface area contributed by atoms with Crippen molar-refractivity contribution in [1.82, 2.24) is 5.32 Å². The van der Waals surface area contributed by atoms with Crippen molar-refractivity contribution < 1.29 is 29.4 Å². The molecular formula is C8H12NO6P-2. The average Bonchev–Trinajstić information content (AvgIpc) is 2.09. The summed E-state index contributed by atoms with van der Waals surface area (Å²) in [4.78, 5) is 32.2. The fourth-order valence-electron chi connectivity index (χ4n) is 1.56. The molecule has 1 aliphatic carbocycles. The van der Waals surface area contributed by atoms with Gasteiger partial charge in [0.15, 0.2) is 0 Å². The van der Waals surface area contributed by atoms with Crippen molar-refractivity contribution >= 4 is 13.5 Å². The predicted octanol–water partition coefficient (Wildman–Crippen LogP) is -2.59. The van der Waals surface area contributed by atoms with Gasteiger partial charge in [0.25, 0.3) is 0 Å². The van der Waals surface area contributed by atoms with Crippen LogP contribution in [0.1, 0.15) is 13.3 Å². The Morgan fingerprint density at radius 3 is 2.50 bits per heavy atom. The van der Waals surface area contributed by atoms with Gasteiger partial charge in [-0.05, 0) is 19.0 Å². The molecule has 16 heavy (non-hydrogen) atoms. The number of amides is 1. The number of carbonyl (C=O) groups is 1. The summed E-state index contributed by atoms with van der Waals surface area (Å²) in [5.41, 5.74) is 0. The molecule has 1 aliphatic rings. The SMILES string of the molecule is CC(=O)N[C@H]1[C@H](O)C=C(P(=O)([O-])[O-])C[C@@H]1O. The van der Waals surface area contributed by atoms with Gasteiger partial charge >= 0.3 is 0 Å². The average molecular weight is 249 g/mol. The molecule has 1 rings (SSSR count). The largest absolute Gasteiger partial charge is 0.808 e. The maximum absolute atomic E-state index is 10.7. The van der Waals surface area contributed by atoms with E-state index in [1.54, 1.807) is 0 Å². The summed E-state index contributed by atoms with van der Waals surface area (Å²) >= 11 is 0. The highest BCUT2D eigenvalue weighted by Crippen LogP contribution is 2.41. The van der Waals surface area contributed by atoms with Crippen molar-refractivity contribution in [2.24, 2.45) is 0 Å². The van der Waals surface area contributed by atoms with E-state index in [1.807, 2.05) is 0 Å². The Balaban J connectivity index is 2.88. The lowest BCUT2D eigenvalue weighted by atomic mass is 9.95. The van der Waals surface area contributed by atoms with Crippen LogP contribution in [0.4, 0.5) is 0 Å². The fourth-order valence-corrected chi connectivity index (χ4v) is 2.30. The monoisotopic (exact) mass is 249 g/mol. The van der Waals surface area contributed by atoms with Crippen LogP contribution >= 0.6 is 7.60 Å². The summed E-state index contributed by atoms with van der Waals surface area (Å²) in [6.45, 7) is 1.20. The Labute approximate surface area is 91.9 Å². The van der Waals surface area contributed by atoms with Crippen LogP contribution in [0.2, 0.25) is 0 Å². The first kappa shape index (κ1) is 13.3. The quantitative estimate of drug-likeness (QED) is 0.460. The van der Waals surface area contributed by atoms with Gasteiger partial charge in [0.05, 0.1) is 18.2 Å². The van der Waals surface area contributed by atoms with Crippen molar-refractivity contribution in [3.05, 3.63) is 11.4 Å². The number of hydrogen-bond acceptors (Lipinski definition) is 6. The molecule has 0 bridgehead atoms. The lowest BCUT2D eigenvalue weighted by molar-refractivity contribution is -0.310. The number of aliphatic hydroxyl groups is 2. The minimum Gasteiger partial charge on any atom is -0.808 e. The molecular weight excluding hydrogens is 237 g/mol. The van der Waals surface area contributed by atoms with E-state index in [9.17, 15) is 29.4 Å². The standard InChI is InChI=1S/C8H14NO6P/c1-4(10)9-8-6(11)2-5(3-7(8)12)16(13,14)15/h2,6-8,11-12H,3H2,1H3,(H,9,10)(H2,13,14,15)/p-2/t6-,7+,8+/m1/s1. The van der Waals surface area contributed by atoms with E-state index in [0.29, 0.717) is 0 Å². The third kappa shape index (κ3) is 3.13. The highest BCUT2D eigenvalue weighted by atomic mass is 31.2. The van der Waals surface area contributed by atoms with Gasteiger partial charge in [0.1, 0.15) is 0 Å². The second kappa shape index (κ2) is 4.65. The minimum atomic E-state index is -4.95. The van der Waals surface area contributed by atoms with Gasteiger partial charge in [0, 0.05) is 13.3 Å². The smallest absolute Gasteiger partial charge is 0.217 e. The Kier molecular flexibility index (Phi) is 3.88. The summed E-state index contributed by atoms with van der Waals surface area (Å²) in [6.07, 6.45) is -2.23. The second-order valence-corrected chi connectivity index (χ2v) is 5.21. The zero-order valence-electron chi connectivity index (χ0n) is 8.49. The summed E-state index contributed by atoms with van der Waals surface area (Å²) in [5.74, 6) is -0.465. The van der Waals surface area contributed by atoms with Crippen LogP contribution < -0.4 is 15.1 Å². The van der Waals surface area contributed by atoms with Crippen LogP contribution in [-0.2, 0) is 9.36 Å². The van der Waals surface area contributed by atoms with Crippen LogP contribution in [0.15, 0.2) is 11.4 Å². The molecule has 0 unspecified atom stereocenters. The van der Waals surface area contributed by atoms with E-state index in [-0.39, 0.29) is 0 Å². The lowest BCUT2D eigenvalue weighted by Crippen LogP contribution is -2.52. The second-order valence-electron chi connectivity index (χ2n) is 3.64. The van der Waals surface area contributed by atoms with Crippen LogP contribution in [0, 0.1) is 0 Å². The van der Waals surface area contributed by atoms with Gasteiger partial charge in [-0.1, -0.05) is 0 Å². The van der Waals surface area contributed by atoms with Gasteiger partial charge in [-0.15, -0.1) is 0 Å². The topological polar surface area (TPSA) is 133 Å². The Bertz CT molecular complexity index is 362. The third-order valence-corrected chi connectivity index (χ3v) is 3.32. The molecule has 0 fully saturated rings. The summed E-state index contributed by atoms with van der Waals surface area (Å²) in [6, 6.07) is -0.993. The Morgan fingerprint density at radius 2 is 2.12 bits per heavy atom. The van der Waals surface area contributed by atoms with Gasteiger partial charge in [-0.3, -0.25) is 4.79 Å². The number of nitrogens with one attached hydrogen (secondary N) is 1. The molecule has 0 saturated carbocycles. The molecule has 0 radical (unpaired) electrons. The fraction of sp³-hybridized carbons (Fsp3) is 0.625. The molecule has 0 aliphatic heterocycles. The third-order valence-electron chi connectivity index (χ3n) is 2.29. The zero-order valence-corrected chi connectivity index (χ0v) is 9.39. The Morgan fingerprint density at radius 1 is 1.56 bits per heavy atom. The van der Waals surface area contributed by atoms with Crippen molar-refractivity contribution in [1.29, 1.82) is 0 Å². The van der Waals surface area contributed by atoms with Crippen LogP contribution in [-0.4, -0.2) is 34.4 Å². The van der Waals surface area contributed by atoms with Crippen LogP contribution in [0.3, 0.4) is 0 Å². The summed E-state index contributed by atoms with van der Waals surface area (Å²) in [7, 11) is -4.95. The molecule has 0 saturated heterocycles. The van der Waals surface area contributed by atoms with E-state index in [0.717, 1.165) is 6.08 Å². The molecule has 0 aromatic carbocycles. The number of aliphatic hydroxyl groups excluding tert-OH is 2. The van der Waals surface area contributed by atoms with Crippen LogP contribution in [0.25, 0.3) is 0 Å². The molecule has 1 amide bonds. The molecule has 3 N–H and O–H groups in total. The highest BCUT2D eigenvalue weighted by Gasteiger charge is 2.32. The first-order valence-electron chi connectivity index (χ1n) is 4.58. The molecule has 92 valence electrons. The predicted molar refractivity (Wildman–Crippen MR) is 49.9 cm³/mol. The van der Waals surface area contributed by atoms with Gasteiger partial charge < -0.3 is 29.9 Å². The summed E-state index contributed by atoms with van der Waals surface area (Å²) < 4.78 is 10.7. The molecule has 0 heterocycles. The van der Waals surface area contributed by atoms with Crippen molar-refractivity contribution in [2.75, 3.05) is 0 Å². The first-order valence-corrected chi connectivity index (χ1v) is 6.12. The molecule has 8 heteroatoms. The zero-order chi connectivity index (χ0) is 12.5. The normalized spacial score (nSPS) is 30.8. The van der Waals surface area contributed by atoms with E-state index in [1.165, 1.54) is 6.92 Å². The molecule has 0 spiro atoms.